The lowest BCUT2D eigenvalue weighted by atomic mass is 10.0. The van der Waals surface area contributed by atoms with Gasteiger partial charge in [0.05, 0.1) is 29.3 Å². The molecule has 0 N–H and O–H groups in total. The molecule has 1 fully saturated rings. The van der Waals surface area contributed by atoms with Crippen LogP contribution >= 0.6 is 35.6 Å². The van der Waals surface area contributed by atoms with Gasteiger partial charge in [0.15, 0.2) is 6.04 Å². The summed E-state index contributed by atoms with van der Waals surface area (Å²) in [5.41, 5.74) is 3.11. The van der Waals surface area contributed by atoms with Crippen LogP contribution in [-0.4, -0.2) is 33.6 Å². The number of para-hydroxylation sites is 1. The lowest BCUT2D eigenvalue weighted by molar-refractivity contribution is -0.151. The third-order valence-corrected chi connectivity index (χ3v) is 7.90. The fourth-order valence-corrected chi connectivity index (χ4v) is 6.00. The zero-order valence-corrected chi connectivity index (χ0v) is 22.8. The van der Waals surface area contributed by atoms with Crippen molar-refractivity contribution in [3.63, 3.8) is 0 Å². The van der Waals surface area contributed by atoms with E-state index in [9.17, 15) is 14.4 Å². The maximum absolute atomic E-state index is 13.9. The smallest absolute Gasteiger partial charge is 0.333 e. The molecule has 192 valence electrons. The van der Waals surface area contributed by atoms with Crippen LogP contribution in [0.25, 0.3) is 5.57 Å². The second-order valence-electron chi connectivity index (χ2n) is 8.76. The third-order valence-electron chi connectivity index (χ3n) is 6.25. The summed E-state index contributed by atoms with van der Waals surface area (Å²) in [6.45, 7) is 2.43. The number of rotatable bonds is 7. The molecule has 0 bridgehead atoms. The number of thioether (sulfide) groups is 1. The quantitative estimate of drug-likeness (QED) is 0.195. The molecule has 2 heterocycles. The molecule has 38 heavy (non-hydrogen) atoms. The second kappa shape index (κ2) is 11.1. The fraction of sp³-hybridized carbons (Fsp3) is 0.172. The van der Waals surface area contributed by atoms with E-state index in [1.807, 2.05) is 49.4 Å². The van der Waals surface area contributed by atoms with E-state index in [1.54, 1.807) is 41.3 Å². The Labute approximate surface area is 235 Å². The summed E-state index contributed by atoms with van der Waals surface area (Å²) < 4.78 is 5.64. The maximum atomic E-state index is 13.9. The molecule has 0 aromatic heterocycles. The lowest BCUT2D eigenvalue weighted by Crippen LogP contribution is -2.38. The van der Waals surface area contributed by atoms with E-state index < -0.39 is 17.9 Å². The maximum Gasteiger partial charge on any atom is 0.333 e. The van der Waals surface area contributed by atoms with Crippen LogP contribution < -0.4 is 4.90 Å². The molecular weight excluding hydrogens is 540 g/mol. The highest BCUT2D eigenvalue weighted by Crippen LogP contribution is 2.47. The van der Waals surface area contributed by atoms with Gasteiger partial charge in [-0.1, -0.05) is 103 Å². The average molecular weight is 563 g/mol. The number of hydrogen-bond acceptors (Lipinski definition) is 6. The summed E-state index contributed by atoms with van der Waals surface area (Å²) in [6.07, 6.45) is 0.643. The summed E-state index contributed by atoms with van der Waals surface area (Å²) >= 11 is 12.7. The summed E-state index contributed by atoms with van der Waals surface area (Å²) in [6, 6.07) is 22.5. The highest BCUT2D eigenvalue weighted by atomic mass is 35.5. The average Bonchev–Trinajstić information content (AvgIpc) is 3.36. The summed E-state index contributed by atoms with van der Waals surface area (Å²) in [7, 11) is 0. The first-order valence-electron chi connectivity index (χ1n) is 12.1. The molecule has 1 atom stereocenters. The van der Waals surface area contributed by atoms with Gasteiger partial charge in [0.25, 0.3) is 11.8 Å². The molecule has 0 spiro atoms. The zero-order chi connectivity index (χ0) is 26.8. The highest BCUT2D eigenvalue weighted by Gasteiger charge is 2.46. The number of anilines is 1. The number of fused-ring (bicyclic) bond motifs is 1. The van der Waals surface area contributed by atoms with Gasteiger partial charge in [0.1, 0.15) is 4.32 Å². The van der Waals surface area contributed by atoms with Gasteiger partial charge < -0.3 is 9.64 Å². The minimum atomic E-state index is -1.05. The number of nitrogens with zero attached hydrogens (tertiary/aromatic N) is 2. The molecule has 0 aliphatic carbocycles. The van der Waals surface area contributed by atoms with E-state index >= 15 is 0 Å². The predicted octanol–water partition coefficient (Wildman–Crippen LogP) is 6.15. The van der Waals surface area contributed by atoms with Crippen LogP contribution in [0, 0.1) is 0 Å². The normalized spacial score (nSPS) is 17.7. The van der Waals surface area contributed by atoms with Crippen molar-refractivity contribution in [1.29, 1.82) is 0 Å². The molecule has 0 radical (unpaired) electrons. The second-order valence-corrected chi connectivity index (χ2v) is 10.8. The zero-order valence-electron chi connectivity index (χ0n) is 20.4. The Morgan fingerprint density at radius 2 is 1.66 bits per heavy atom. The third kappa shape index (κ3) is 4.87. The molecule has 0 saturated carbocycles. The van der Waals surface area contributed by atoms with Crippen molar-refractivity contribution in [3.05, 3.63) is 105 Å². The molecule has 2 aliphatic rings. The Hall–Kier alpha value is -3.46. The van der Waals surface area contributed by atoms with E-state index in [4.69, 9.17) is 28.6 Å². The summed E-state index contributed by atoms with van der Waals surface area (Å²) in [4.78, 5) is 44.0. The van der Waals surface area contributed by atoms with Crippen LogP contribution in [0.2, 0.25) is 5.02 Å². The van der Waals surface area contributed by atoms with Gasteiger partial charge in [-0.05, 0) is 35.7 Å². The van der Waals surface area contributed by atoms with Gasteiger partial charge in [-0.25, -0.2) is 4.79 Å². The number of carbonyl (C=O) groups is 3. The van der Waals surface area contributed by atoms with E-state index in [2.05, 4.69) is 0 Å². The number of esters is 1. The van der Waals surface area contributed by atoms with Crippen molar-refractivity contribution in [2.45, 2.75) is 25.9 Å². The van der Waals surface area contributed by atoms with E-state index in [-0.39, 0.29) is 27.3 Å². The predicted molar refractivity (Wildman–Crippen MR) is 153 cm³/mol. The summed E-state index contributed by atoms with van der Waals surface area (Å²) in [5.74, 6) is -1.36. The number of halogens is 1. The van der Waals surface area contributed by atoms with Gasteiger partial charge >= 0.3 is 5.97 Å². The number of benzene rings is 3. The SMILES string of the molecule is CCCOC(=O)C(c1ccccc1)N1C(=O)/C(=C2/C(=O)N(Cc3ccc(Cl)cc3)c3ccccc32)SC1=S. The van der Waals surface area contributed by atoms with Gasteiger partial charge in [-0.2, -0.15) is 0 Å². The molecule has 2 amide bonds. The molecule has 3 aromatic rings. The van der Waals surface area contributed by atoms with Gasteiger partial charge in [-0.3, -0.25) is 14.5 Å². The number of ether oxygens (including phenoxy) is 1. The van der Waals surface area contributed by atoms with Crippen molar-refractivity contribution in [2.75, 3.05) is 11.5 Å². The molecule has 2 aliphatic heterocycles. The van der Waals surface area contributed by atoms with Gasteiger partial charge in [-0.15, -0.1) is 0 Å². The van der Waals surface area contributed by atoms with Gasteiger partial charge in [0.2, 0.25) is 0 Å². The van der Waals surface area contributed by atoms with Crippen molar-refractivity contribution < 1.29 is 19.1 Å². The fourth-order valence-electron chi connectivity index (χ4n) is 4.49. The van der Waals surface area contributed by atoms with E-state index in [0.29, 0.717) is 34.8 Å². The van der Waals surface area contributed by atoms with E-state index in [1.165, 1.54) is 4.90 Å². The van der Waals surface area contributed by atoms with Crippen LogP contribution in [0.5, 0.6) is 0 Å². The van der Waals surface area contributed by atoms with Crippen molar-refractivity contribution in [3.8, 4) is 0 Å². The summed E-state index contributed by atoms with van der Waals surface area (Å²) in [5, 5.41) is 0.608. The van der Waals surface area contributed by atoms with E-state index in [0.717, 1.165) is 17.3 Å². The molecule has 1 saturated heterocycles. The standard InChI is InChI=1S/C29H23ClN2O4S2/c1-2-16-36-28(35)24(19-8-4-3-5-9-19)32-27(34)25(38-29(32)37)23-21-10-6-7-11-22(21)31(26(23)33)17-18-12-14-20(30)15-13-18/h3-15,24H,2,16-17H2,1H3/b25-23-. The Morgan fingerprint density at radius 3 is 2.37 bits per heavy atom. The first-order chi connectivity index (χ1) is 18.4. The van der Waals surface area contributed by atoms with Crippen LogP contribution in [0.4, 0.5) is 5.69 Å². The van der Waals surface area contributed by atoms with Crippen molar-refractivity contribution >= 4 is 68.9 Å². The molecular formula is C29H23ClN2O4S2. The minimum Gasteiger partial charge on any atom is -0.464 e. The Kier molecular flexibility index (Phi) is 7.65. The highest BCUT2D eigenvalue weighted by molar-refractivity contribution is 8.26. The first-order valence-corrected chi connectivity index (χ1v) is 13.7. The Morgan fingerprint density at radius 1 is 0.974 bits per heavy atom. The molecule has 5 rings (SSSR count). The minimum absolute atomic E-state index is 0.196. The first kappa shape index (κ1) is 26.2. The van der Waals surface area contributed by atoms with Gasteiger partial charge in [0, 0.05) is 10.6 Å². The van der Waals surface area contributed by atoms with Crippen LogP contribution in [0.1, 0.15) is 36.1 Å². The van der Waals surface area contributed by atoms with Crippen LogP contribution in [0.3, 0.4) is 0 Å². The monoisotopic (exact) mass is 562 g/mol. The topological polar surface area (TPSA) is 66.9 Å². The molecule has 9 heteroatoms. The van der Waals surface area contributed by atoms with Crippen LogP contribution in [-0.2, 0) is 25.7 Å². The lowest BCUT2D eigenvalue weighted by Gasteiger charge is -2.25. The largest absolute Gasteiger partial charge is 0.464 e. The molecule has 3 aromatic carbocycles. The van der Waals surface area contributed by atoms with Crippen molar-refractivity contribution in [2.24, 2.45) is 0 Å². The molecule has 1 unspecified atom stereocenters. The van der Waals surface area contributed by atoms with Crippen LogP contribution in [0.15, 0.2) is 83.8 Å². The Bertz CT molecular complexity index is 1460. The molecule has 6 nitrogen and oxygen atoms in total. The number of hydrogen-bond donors (Lipinski definition) is 0. The number of carbonyl (C=O) groups excluding carboxylic acids is 3. The number of thiocarbonyl (C=S) groups is 1. The number of amides is 2. The van der Waals surface area contributed by atoms with Crippen molar-refractivity contribution in [1.82, 2.24) is 4.90 Å². The Balaban J connectivity index is 1.55.